The van der Waals surface area contributed by atoms with Crippen molar-refractivity contribution in [2.75, 3.05) is 11.4 Å². The Labute approximate surface area is 115 Å². The van der Waals surface area contributed by atoms with Gasteiger partial charge < -0.3 is 4.90 Å². The average Bonchev–Trinajstić information content (AvgIpc) is 2.44. The summed E-state index contributed by atoms with van der Waals surface area (Å²) in [6.07, 6.45) is 0. The van der Waals surface area contributed by atoms with E-state index in [1.54, 1.807) is 0 Å². The van der Waals surface area contributed by atoms with E-state index in [1.807, 2.05) is 6.92 Å². The van der Waals surface area contributed by atoms with Gasteiger partial charge in [0.1, 0.15) is 11.5 Å². The van der Waals surface area contributed by atoms with Crippen molar-refractivity contribution < 1.29 is 9.18 Å². The van der Waals surface area contributed by atoms with Crippen molar-refractivity contribution in [2.45, 2.75) is 6.92 Å². The summed E-state index contributed by atoms with van der Waals surface area (Å²) in [5.74, 6) is -0.702. The molecule has 0 fully saturated rings. The highest BCUT2D eigenvalue weighted by Gasteiger charge is 2.18. The Morgan fingerprint density at radius 3 is 2.45 bits per heavy atom. The molecule has 0 aliphatic rings. The molecule has 0 unspecified atom stereocenters. The first-order chi connectivity index (χ1) is 9.52. The van der Waals surface area contributed by atoms with Crippen LogP contribution in [0.25, 0.3) is 0 Å². The molecule has 2 rings (SSSR count). The number of nitrogens with zero attached hydrogens (tertiary/aromatic N) is 3. The largest absolute Gasteiger partial charge is 0.307 e. The molecule has 0 bridgehead atoms. The number of amides is 1. The van der Waals surface area contributed by atoms with Crippen LogP contribution < -0.4 is 10.5 Å². The summed E-state index contributed by atoms with van der Waals surface area (Å²) in [4.78, 5) is 25.1. The SMILES string of the molecule is CCN(C(=O)c1ccc(=O)n(C)n1)c1ccc(F)cc1. The molecule has 0 atom stereocenters. The topological polar surface area (TPSA) is 55.2 Å². The van der Waals surface area contributed by atoms with Crippen LogP contribution in [0.4, 0.5) is 10.1 Å². The van der Waals surface area contributed by atoms with Gasteiger partial charge in [0.2, 0.25) is 0 Å². The maximum Gasteiger partial charge on any atom is 0.278 e. The number of hydrogen-bond acceptors (Lipinski definition) is 3. The lowest BCUT2D eigenvalue weighted by Crippen LogP contribution is -2.33. The predicted octanol–water partition coefficient (Wildman–Crippen LogP) is 1.59. The van der Waals surface area contributed by atoms with Gasteiger partial charge in [-0.1, -0.05) is 0 Å². The van der Waals surface area contributed by atoms with Gasteiger partial charge in [-0.3, -0.25) is 9.59 Å². The summed E-state index contributed by atoms with van der Waals surface area (Å²) in [7, 11) is 1.48. The minimum atomic E-state index is -0.363. The molecule has 2 aromatic rings. The second-order valence-electron chi connectivity index (χ2n) is 4.21. The molecule has 0 aliphatic heterocycles. The molecular weight excluding hydrogens is 261 g/mol. The van der Waals surface area contributed by atoms with Gasteiger partial charge in [0.05, 0.1) is 0 Å². The van der Waals surface area contributed by atoms with Crippen molar-refractivity contribution in [3.05, 3.63) is 58.3 Å². The van der Waals surface area contributed by atoms with Crippen molar-refractivity contribution in [1.29, 1.82) is 0 Å². The number of benzene rings is 1. The van der Waals surface area contributed by atoms with E-state index in [4.69, 9.17) is 0 Å². The van der Waals surface area contributed by atoms with Gasteiger partial charge >= 0.3 is 0 Å². The molecule has 0 saturated heterocycles. The van der Waals surface area contributed by atoms with Crippen molar-refractivity contribution in [2.24, 2.45) is 7.05 Å². The molecule has 5 nitrogen and oxygen atoms in total. The number of hydrogen-bond donors (Lipinski definition) is 0. The van der Waals surface area contributed by atoms with Crippen LogP contribution in [0, 0.1) is 5.82 Å². The van der Waals surface area contributed by atoms with Crippen LogP contribution in [0.3, 0.4) is 0 Å². The van der Waals surface area contributed by atoms with Gasteiger partial charge in [0.25, 0.3) is 11.5 Å². The monoisotopic (exact) mass is 275 g/mol. The Balaban J connectivity index is 2.35. The molecule has 0 aliphatic carbocycles. The van der Waals surface area contributed by atoms with E-state index in [2.05, 4.69) is 5.10 Å². The molecule has 0 saturated carbocycles. The van der Waals surface area contributed by atoms with E-state index in [1.165, 1.54) is 48.3 Å². The first-order valence-corrected chi connectivity index (χ1v) is 6.14. The zero-order chi connectivity index (χ0) is 14.7. The van der Waals surface area contributed by atoms with E-state index < -0.39 is 0 Å². The van der Waals surface area contributed by atoms with Gasteiger partial charge in [0, 0.05) is 25.3 Å². The van der Waals surface area contributed by atoms with Crippen molar-refractivity contribution in [3.63, 3.8) is 0 Å². The van der Waals surface area contributed by atoms with Gasteiger partial charge in [-0.2, -0.15) is 5.10 Å². The van der Waals surface area contributed by atoms with Gasteiger partial charge in [-0.15, -0.1) is 0 Å². The Kier molecular flexibility index (Phi) is 3.93. The normalized spacial score (nSPS) is 10.3. The molecule has 104 valence electrons. The van der Waals surface area contributed by atoms with E-state index in [0.29, 0.717) is 12.2 Å². The number of carbonyl (C=O) groups excluding carboxylic acids is 1. The van der Waals surface area contributed by atoms with Gasteiger partial charge in [-0.05, 0) is 37.3 Å². The molecule has 6 heteroatoms. The molecule has 0 N–H and O–H groups in total. The third-order valence-electron chi connectivity index (χ3n) is 2.88. The lowest BCUT2D eigenvalue weighted by molar-refractivity contribution is 0.0981. The number of aryl methyl sites for hydroxylation is 1. The number of aromatic nitrogens is 2. The molecule has 0 spiro atoms. The summed E-state index contributed by atoms with van der Waals surface area (Å²) in [6.45, 7) is 2.22. The fourth-order valence-electron chi connectivity index (χ4n) is 1.82. The quantitative estimate of drug-likeness (QED) is 0.854. The fraction of sp³-hybridized carbons (Fsp3) is 0.214. The highest BCUT2D eigenvalue weighted by atomic mass is 19.1. The van der Waals surface area contributed by atoms with E-state index >= 15 is 0 Å². The summed E-state index contributed by atoms with van der Waals surface area (Å²) < 4.78 is 14.0. The van der Waals surface area contributed by atoms with Crippen LogP contribution in [0.15, 0.2) is 41.2 Å². The summed E-state index contributed by atoms with van der Waals surface area (Å²) in [5.41, 5.74) is 0.458. The average molecular weight is 275 g/mol. The number of anilines is 1. The van der Waals surface area contributed by atoms with Crippen LogP contribution in [0.5, 0.6) is 0 Å². The standard InChI is InChI=1S/C14H14FN3O2/c1-3-18(11-6-4-10(15)5-7-11)14(20)12-8-9-13(19)17(2)16-12/h4-9H,3H2,1-2H3. The van der Waals surface area contributed by atoms with Crippen molar-refractivity contribution in [3.8, 4) is 0 Å². The number of rotatable bonds is 3. The van der Waals surface area contributed by atoms with Crippen LogP contribution in [-0.4, -0.2) is 22.2 Å². The highest BCUT2D eigenvalue weighted by molar-refractivity contribution is 6.04. The zero-order valence-corrected chi connectivity index (χ0v) is 11.2. The number of halogens is 1. The predicted molar refractivity (Wildman–Crippen MR) is 73.2 cm³/mol. The van der Waals surface area contributed by atoms with E-state index in [9.17, 15) is 14.0 Å². The first kappa shape index (κ1) is 13.9. The lowest BCUT2D eigenvalue weighted by Gasteiger charge is -2.20. The summed E-state index contributed by atoms with van der Waals surface area (Å²) in [5, 5.41) is 3.92. The molecule has 20 heavy (non-hydrogen) atoms. The first-order valence-electron chi connectivity index (χ1n) is 6.14. The van der Waals surface area contributed by atoms with Crippen LogP contribution in [0.1, 0.15) is 17.4 Å². The number of carbonyl (C=O) groups is 1. The van der Waals surface area contributed by atoms with Crippen LogP contribution in [-0.2, 0) is 7.05 Å². The lowest BCUT2D eigenvalue weighted by atomic mass is 10.2. The maximum atomic E-state index is 12.9. The third kappa shape index (κ3) is 2.74. The van der Waals surface area contributed by atoms with E-state index in [0.717, 1.165) is 4.68 Å². The third-order valence-corrected chi connectivity index (χ3v) is 2.88. The van der Waals surface area contributed by atoms with Gasteiger partial charge in [0.15, 0.2) is 0 Å². The molecule has 1 amide bonds. The minimum Gasteiger partial charge on any atom is -0.307 e. The zero-order valence-electron chi connectivity index (χ0n) is 11.2. The second kappa shape index (κ2) is 5.64. The van der Waals surface area contributed by atoms with Crippen LogP contribution in [0.2, 0.25) is 0 Å². The van der Waals surface area contributed by atoms with Gasteiger partial charge in [-0.25, -0.2) is 9.07 Å². The molecule has 0 radical (unpaired) electrons. The smallest absolute Gasteiger partial charge is 0.278 e. The Morgan fingerprint density at radius 1 is 1.25 bits per heavy atom. The second-order valence-corrected chi connectivity index (χ2v) is 4.21. The van der Waals surface area contributed by atoms with Crippen molar-refractivity contribution in [1.82, 2.24) is 9.78 Å². The molecule has 1 aromatic carbocycles. The Bertz CT molecular complexity index is 680. The van der Waals surface area contributed by atoms with Crippen molar-refractivity contribution >= 4 is 11.6 Å². The fourth-order valence-corrected chi connectivity index (χ4v) is 1.82. The molecule has 1 heterocycles. The Morgan fingerprint density at radius 2 is 1.90 bits per heavy atom. The summed E-state index contributed by atoms with van der Waals surface area (Å²) in [6, 6.07) is 8.31. The minimum absolute atomic E-state index is 0.165. The van der Waals surface area contributed by atoms with Crippen LogP contribution >= 0.6 is 0 Å². The molecular formula is C14H14FN3O2. The Hall–Kier alpha value is -2.50. The van der Waals surface area contributed by atoms with E-state index in [-0.39, 0.29) is 23.0 Å². The maximum absolute atomic E-state index is 12.9. The highest BCUT2D eigenvalue weighted by Crippen LogP contribution is 2.16. The summed E-state index contributed by atoms with van der Waals surface area (Å²) >= 11 is 0. The molecule has 1 aromatic heterocycles.